The van der Waals surface area contributed by atoms with E-state index in [-0.39, 0.29) is 0 Å². The van der Waals surface area contributed by atoms with Crippen LogP contribution in [-0.2, 0) is 0 Å². The number of aromatic nitrogens is 3. The highest BCUT2D eigenvalue weighted by atomic mass is 79.9. The Balaban J connectivity index is 2.09. The van der Waals surface area contributed by atoms with Crippen LogP contribution in [0.3, 0.4) is 0 Å². The van der Waals surface area contributed by atoms with Crippen molar-refractivity contribution in [2.45, 2.75) is 0 Å². The van der Waals surface area contributed by atoms with Gasteiger partial charge in [-0.25, -0.2) is 0 Å². The molecule has 0 aliphatic heterocycles. The summed E-state index contributed by atoms with van der Waals surface area (Å²) < 4.78 is 6.53. The third kappa shape index (κ3) is 2.52. The van der Waals surface area contributed by atoms with E-state index < -0.39 is 0 Å². The molecule has 3 aromatic rings. The van der Waals surface area contributed by atoms with Crippen LogP contribution in [0, 0.1) is 0 Å². The van der Waals surface area contributed by atoms with Crippen LogP contribution in [0.1, 0.15) is 0 Å². The summed E-state index contributed by atoms with van der Waals surface area (Å²) in [5, 5.41) is 9.84. The Morgan fingerprint density at radius 2 is 1.84 bits per heavy atom. The monoisotopic (exact) mass is 335 g/mol. The van der Waals surface area contributed by atoms with Crippen molar-refractivity contribution < 1.29 is 4.74 Å². The normalized spacial score (nSPS) is 10.6. The Kier molecular flexibility index (Phi) is 3.31. The Bertz CT molecular complexity index is 751. The standard InChI is InChI=1S/C13H7BrClN3O/c14-8-5-9(7-16-6-8)19-13-11-4-2-1-3-10(11)12(15)17-18-13/h1-7H. The van der Waals surface area contributed by atoms with Crippen molar-refractivity contribution in [2.75, 3.05) is 0 Å². The third-order valence-corrected chi connectivity index (χ3v) is 3.22. The summed E-state index contributed by atoms with van der Waals surface area (Å²) in [5.41, 5.74) is 0. The average molecular weight is 337 g/mol. The second-order valence-electron chi connectivity index (χ2n) is 3.78. The smallest absolute Gasteiger partial charge is 0.246 e. The van der Waals surface area contributed by atoms with Gasteiger partial charge in [0.2, 0.25) is 5.88 Å². The van der Waals surface area contributed by atoms with E-state index in [0.717, 1.165) is 15.2 Å². The van der Waals surface area contributed by atoms with Gasteiger partial charge in [-0.2, -0.15) is 0 Å². The molecule has 0 saturated carbocycles. The molecule has 3 rings (SSSR count). The van der Waals surface area contributed by atoms with Gasteiger partial charge in [0.1, 0.15) is 5.75 Å². The molecule has 4 nitrogen and oxygen atoms in total. The van der Waals surface area contributed by atoms with Gasteiger partial charge in [0.25, 0.3) is 0 Å². The molecule has 0 aliphatic rings. The lowest BCUT2D eigenvalue weighted by molar-refractivity contribution is 0.459. The lowest BCUT2D eigenvalue weighted by Gasteiger charge is -2.07. The van der Waals surface area contributed by atoms with E-state index in [1.807, 2.05) is 24.3 Å². The number of rotatable bonds is 2. The van der Waals surface area contributed by atoms with Crippen molar-refractivity contribution in [3.8, 4) is 11.6 Å². The first-order valence-electron chi connectivity index (χ1n) is 5.43. The van der Waals surface area contributed by atoms with Gasteiger partial charge >= 0.3 is 0 Å². The predicted molar refractivity (Wildman–Crippen MR) is 76.6 cm³/mol. The second kappa shape index (κ2) is 5.11. The highest BCUT2D eigenvalue weighted by Crippen LogP contribution is 2.30. The quantitative estimate of drug-likeness (QED) is 0.702. The van der Waals surface area contributed by atoms with E-state index in [1.165, 1.54) is 0 Å². The zero-order valence-corrected chi connectivity index (χ0v) is 11.9. The molecular weight excluding hydrogens is 330 g/mol. The molecule has 0 radical (unpaired) electrons. The number of pyridine rings is 1. The summed E-state index contributed by atoms with van der Waals surface area (Å²) in [5.74, 6) is 0.982. The molecular formula is C13H7BrClN3O. The number of fused-ring (bicyclic) bond motifs is 1. The molecule has 0 fully saturated rings. The fraction of sp³-hybridized carbons (Fsp3) is 0. The van der Waals surface area contributed by atoms with E-state index in [4.69, 9.17) is 16.3 Å². The van der Waals surface area contributed by atoms with Gasteiger partial charge in [-0.1, -0.05) is 29.8 Å². The lowest BCUT2D eigenvalue weighted by Crippen LogP contribution is -1.93. The minimum absolute atomic E-state index is 0.357. The minimum atomic E-state index is 0.357. The Labute approximate surface area is 122 Å². The maximum absolute atomic E-state index is 6.01. The zero-order chi connectivity index (χ0) is 13.2. The SMILES string of the molecule is Clc1nnc(Oc2cncc(Br)c2)c2ccccc12. The van der Waals surface area contributed by atoms with Gasteiger partial charge in [-0.15, -0.1) is 10.2 Å². The van der Waals surface area contributed by atoms with Crippen LogP contribution in [0.5, 0.6) is 11.6 Å². The molecule has 6 heteroatoms. The fourth-order valence-electron chi connectivity index (χ4n) is 1.68. The van der Waals surface area contributed by atoms with Crippen molar-refractivity contribution in [3.05, 3.63) is 52.4 Å². The number of hydrogen-bond donors (Lipinski definition) is 0. The van der Waals surface area contributed by atoms with E-state index in [1.54, 1.807) is 18.5 Å². The predicted octanol–water partition coefficient (Wildman–Crippen LogP) is 4.23. The summed E-state index contributed by atoms with van der Waals surface area (Å²) in [6.45, 7) is 0. The maximum Gasteiger partial charge on any atom is 0.246 e. The van der Waals surface area contributed by atoms with E-state index in [2.05, 4.69) is 31.1 Å². The largest absolute Gasteiger partial charge is 0.435 e. The summed E-state index contributed by atoms with van der Waals surface area (Å²) in [6.07, 6.45) is 3.29. The first kappa shape index (κ1) is 12.3. The van der Waals surface area contributed by atoms with Crippen molar-refractivity contribution in [1.29, 1.82) is 0 Å². The van der Waals surface area contributed by atoms with Gasteiger partial charge in [0, 0.05) is 21.4 Å². The molecule has 94 valence electrons. The number of halogens is 2. The van der Waals surface area contributed by atoms with Gasteiger partial charge in [0.05, 0.1) is 6.20 Å². The molecule has 2 aromatic heterocycles. The average Bonchev–Trinajstić information content (AvgIpc) is 2.42. The fourth-order valence-corrected chi connectivity index (χ4v) is 2.23. The van der Waals surface area contributed by atoms with Crippen LogP contribution < -0.4 is 4.74 Å². The van der Waals surface area contributed by atoms with Crippen molar-refractivity contribution in [3.63, 3.8) is 0 Å². The van der Waals surface area contributed by atoms with Crippen LogP contribution >= 0.6 is 27.5 Å². The summed E-state index contributed by atoms with van der Waals surface area (Å²) in [7, 11) is 0. The Hall–Kier alpha value is -1.72. The molecule has 0 spiro atoms. The number of benzene rings is 1. The molecule has 0 unspecified atom stereocenters. The number of nitrogens with zero attached hydrogens (tertiary/aromatic N) is 3. The first-order chi connectivity index (χ1) is 9.24. The Morgan fingerprint density at radius 1 is 1.05 bits per heavy atom. The molecule has 0 bridgehead atoms. The van der Waals surface area contributed by atoms with Gasteiger partial charge < -0.3 is 4.74 Å². The zero-order valence-electron chi connectivity index (χ0n) is 9.55. The molecule has 1 aromatic carbocycles. The summed E-state index contributed by atoms with van der Waals surface area (Å²) in [4.78, 5) is 4.03. The van der Waals surface area contributed by atoms with Crippen LogP contribution in [0.4, 0.5) is 0 Å². The first-order valence-corrected chi connectivity index (χ1v) is 6.60. The van der Waals surface area contributed by atoms with Crippen molar-refractivity contribution >= 4 is 38.3 Å². The molecule has 0 atom stereocenters. The summed E-state index contributed by atoms with van der Waals surface area (Å²) >= 11 is 9.35. The van der Waals surface area contributed by atoms with Gasteiger partial charge in [-0.05, 0) is 28.1 Å². The van der Waals surface area contributed by atoms with Gasteiger partial charge in [0.15, 0.2) is 5.15 Å². The lowest BCUT2D eigenvalue weighted by atomic mass is 10.2. The van der Waals surface area contributed by atoms with Crippen LogP contribution in [0.25, 0.3) is 10.8 Å². The van der Waals surface area contributed by atoms with E-state index in [0.29, 0.717) is 16.8 Å². The minimum Gasteiger partial charge on any atom is -0.435 e. The summed E-state index contributed by atoms with van der Waals surface area (Å²) in [6, 6.07) is 9.35. The maximum atomic E-state index is 6.01. The van der Waals surface area contributed by atoms with Crippen LogP contribution in [-0.4, -0.2) is 15.2 Å². The number of ether oxygens (including phenoxy) is 1. The molecule has 0 aliphatic carbocycles. The third-order valence-electron chi connectivity index (χ3n) is 2.50. The molecule has 0 N–H and O–H groups in total. The van der Waals surface area contributed by atoms with Crippen molar-refractivity contribution in [2.24, 2.45) is 0 Å². The van der Waals surface area contributed by atoms with Gasteiger partial charge in [-0.3, -0.25) is 4.98 Å². The molecule has 19 heavy (non-hydrogen) atoms. The molecule has 0 saturated heterocycles. The molecule has 2 heterocycles. The van der Waals surface area contributed by atoms with Crippen LogP contribution in [0.15, 0.2) is 47.2 Å². The highest BCUT2D eigenvalue weighted by Gasteiger charge is 2.09. The van der Waals surface area contributed by atoms with Crippen molar-refractivity contribution in [1.82, 2.24) is 15.2 Å². The van der Waals surface area contributed by atoms with E-state index in [9.17, 15) is 0 Å². The Morgan fingerprint density at radius 3 is 2.63 bits per heavy atom. The van der Waals surface area contributed by atoms with E-state index >= 15 is 0 Å². The molecule has 0 amide bonds. The number of hydrogen-bond acceptors (Lipinski definition) is 4. The topological polar surface area (TPSA) is 47.9 Å². The second-order valence-corrected chi connectivity index (χ2v) is 5.06. The highest BCUT2D eigenvalue weighted by molar-refractivity contribution is 9.10. The van der Waals surface area contributed by atoms with Crippen LogP contribution in [0.2, 0.25) is 5.15 Å².